The smallest absolute Gasteiger partial charge is 0.0208 e. The van der Waals surface area contributed by atoms with Crippen LogP contribution in [-0.2, 0) is 6.54 Å². The van der Waals surface area contributed by atoms with Gasteiger partial charge in [0.1, 0.15) is 0 Å². The molecule has 0 spiro atoms. The summed E-state index contributed by atoms with van der Waals surface area (Å²) in [6.07, 6.45) is 8.69. The maximum atomic E-state index is 3.59. The third-order valence-corrected chi connectivity index (χ3v) is 4.25. The van der Waals surface area contributed by atoms with Crippen LogP contribution in [0.2, 0.25) is 0 Å². The van der Waals surface area contributed by atoms with E-state index in [4.69, 9.17) is 0 Å². The van der Waals surface area contributed by atoms with Crippen LogP contribution in [0.25, 0.3) is 0 Å². The van der Waals surface area contributed by atoms with E-state index in [9.17, 15) is 0 Å². The van der Waals surface area contributed by atoms with Crippen molar-refractivity contribution >= 4 is 0 Å². The lowest BCUT2D eigenvalue weighted by molar-refractivity contribution is 0.470. The largest absolute Gasteiger partial charge is 0.313 e. The highest BCUT2D eigenvalue weighted by molar-refractivity contribution is 5.30. The van der Waals surface area contributed by atoms with Crippen LogP contribution in [0.5, 0.6) is 0 Å². The second-order valence-electron chi connectivity index (χ2n) is 5.90. The molecule has 1 aliphatic carbocycles. The minimum Gasteiger partial charge on any atom is -0.313 e. The lowest BCUT2D eigenvalue weighted by Crippen LogP contribution is -2.16. The van der Waals surface area contributed by atoms with Crippen LogP contribution in [0.15, 0.2) is 18.2 Å². The summed E-state index contributed by atoms with van der Waals surface area (Å²) >= 11 is 0. The average Bonchev–Trinajstić information content (AvgIpc) is 2.84. The molecule has 1 nitrogen and oxygen atoms in total. The van der Waals surface area contributed by atoms with Gasteiger partial charge in [-0.15, -0.1) is 0 Å². The van der Waals surface area contributed by atoms with Gasteiger partial charge in [0.2, 0.25) is 0 Å². The lowest BCUT2D eigenvalue weighted by atomic mass is 10.0. The van der Waals surface area contributed by atoms with E-state index in [0.717, 1.165) is 12.5 Å². The second-order valence-corrected chi connectivity index (χ2v) is 5.90. The Hall–Kier alpha value is -0.820. The molecule has 0 heterocycles. The van der Waals surface area contributed by atoms with Crippen molar-refractivity contribution in [2.24, 2.45) is 5.92 Å². The Labute approximate surface area is 112 Å². The molecule has 1 N–H and O–H groups in total. The second kappa shape index (κ2) is 6.94. The van der Waals surface area contributed by atoms with Crippen LogP contribution in [0, 0.1) is 19.8 Å². The Bertz CT molecular complexity index is 364. The minimum absolute atomic E-state index is 1.02. The zero-order chi connectivity index (χ0) is 12.8. The highest BCUT2D eigenvalue weighted by Crippen LogP contribution is 2.28. The molecule has 0 atom stereocenters. The zero-order valence-electron chi connectivity index (χ0n) is 12.0. The number of aryl methyl sites for hydroxylation is 2. The molecule has 0 amide bonds. The number of hydrogen-bond donors (Lipinski definition) is 1. The molecule has 0 bridgehead atoms. The van der Waals surface area contributed by atoms with E-state index < -0.39 is 0 Å². The molecule has 0 aliphatic heterocycles. The molecule has 1 fully saturated rings. The van der Waals surface area contributed by atoms with Crippen molar-refractivity contribution in [2.75, 3.05) is 6.54 Å². The van der Waals surface area contributed by atoms with Crippen molar-refractivity contribution in [3.63, 3.8) is 0 Å². The van der Waals surface area contributed by atoms with Crippen LogP contribution < -0.4 is 5.32 Å². The molecule has 1 aromatic rings. The molecule has 1 aromatic carbocycles. The van der Waals surface area contributed by atoms with Crippen molar-refractivity contribution in [1.29, 1.82) is 0 Å². The molecular formula is C17H27N. The minimum atomic E-state index is 1.02. The monoisotopic (exact) mass is 245 g/mol. The Kier molecular flexibility index (Phi) is 5.25. The van der Waals surface area contributed by atoms with Gasteiger partial charge < -0.3 is 5.32 Å². The van der Waals surface area contributed by atoms with Crippen molar-refractivity contribution in [3.05, 3.63) is 34.9 Å². The van der Waals surface area contributed by atoms with Gasteiger partial charge in [-0.3, -0.25) is 0 Å². The maximum Gasteiger partial charge on any atom is 0.0208 e. The molecule has 2 rings (SSSR count). The van der Waals surface area contributed by atoms with Crippen LogP contribution >= 0.6 is 0 Å². The van der Waals surface area contributed by atoms with Gasteiger partial charge >= 0.3 is 0 Å². The summed E-state index contributed by atoms with van der Waals surface area (Å²) in [7, 11) is 0. The fourth-order valence-corrected chi connectivity index (χ4v) is 3.08. The molecule has 1 heteroatoms. The first-order valence-corrected chi connectivity index (χ1v) is 7.52. The Morgan fingerprint density at radius 3 is 2.67 bits per heavy atom. The summed E-state index contributed by atoms with van der Waals surface area (Å²) in [6, 6.07) is 6.74. The first-order chi connectivity index (χ1) is 8.75. The van der Waals surface area contributed by atoms with Crippen LogP contribution in [0.3, 0.4) is 0 Å². The molecule has 0 radical (unpaired) electrons. The summed E-state index contributed by atoms with van der Waals surface area (Å²) in [6.45, 7) is 6.56. The molecule has 100 valence electrons. The van der Waals surface area contributed by atoms with Crippen molar-refractivity contribution < 1.29 is 0 Å². The van der Waals surface area contributed by atoms with Gasteiger partial charge in [-0.2, -0.15) is 0 Å². The lowest BCUT2D eigenvalue weighted by Gasteiger charge is -2.11. The summed E-state index contributed by atoms with van der Waals surface area (Å²) in [5.41, 5.74) is 4.22. The molecule has 0 unspecified atom stereocenters. The zero-order valence-corrected chi connectivity index (χ0v) is 12.0. The Balaban J connectivity index is 1.62. The summed E-state index contributed by atoms with van der Waals surface area (Å²) < 4.78 is 0. The average molecular weight is 245 g/mol. The molecule has 0 saturated heterocycles. The van der Waals surface area contributed by atoms with Crippen LogP contribution in [-0.4, -0.2) is 6.54 Å². The predicted molar refractivity (Wildman–Crippen MR) is 78.8 cm³/mol. The van der Waals surface area contributed by atoms with Gasteiger partial charge in [-0.05, 0) is 50.3 Å². The third-order valence-electron chi connectivity index (χ3n) is 4.25. The number of nitrogens with one attached hydrogen (secondary N) is 1. The standard InChI is InChI=1S/C17H27N/c1-14-9-10-17(15(2)12-14)13-18-11-5-8-16-6-3-4-7-16/h9-10,12,16,18H,3-8,11,13H2,1-2H3. The number of hydrogen-bond acceptors (Lipinski definition) is 1. The van der Waals surface area contributed by atoms with E-state index in [1.165, 1.54) is 61.8 Å². The fourth-order valence-electron chi connectivity index (χ4n) is 3.08. The Morgan fingerprint density at radius 2 is 1.94 bits per heavy atom. The van der Waals surface area contributed by atoms with Gasteiger partial charge in [0.05, 0.1) is 0 Å². The highest BCUT2D eigenvalue weighted by Gasteiger charge is 2.13. The van der Waals surface area contributed by atoms with E-state index in [1.807, 2.05) is 0 Å². The molecule has 0 aromatic heterocycles. The SMILES string of the molecule is Cc1ccc(CNCCCC2CCCC2)c(C)c1. The first kappa shape index (κ1) is 13.6. The third kappa shape index (κ3) is 4.13. The normalized spacial score (nSPS) is 16.3. The number of benzene rings is 1. The number of rotatable bonds is 6. The predicted octanol–water partition coefficient (Wildman–Crippen LogP) is 4.36. The van der Waals surface area contributed by atoms with Crippen molar-refractivity contribution in [3.8, 4) is 0 Å². The summed E-state index contributed by atoms with van der Waals surface area (Å²) in [5, 5.41) is 3.59. The Morgan fingerprint density at radius 1 is 1.17 bits per heavy atom. The van der Waals surface area contributed by atoms with Gasteiger partial charge in [0.25, 0.3) is 0 Å². The summed E-state index contributed by atoms with van der Waals surface area (Å²) in [5.74, 6) is 1.04. The quantitative estimate of drug-likeness (QED) is 0.734. The van der Waals surface area contributed by atoms with E-state index in [0.29, 0.717) is 0 Å². The van der Waals surface area contributed by atoms with Crippen molar-refractivity contribution in [2.45, 2.75) is 58.9 Å². The first-order valence-electron chi connectivity index (χ1n) is 7.52. The molecule has 1 aliphatic rings. The van der Waals surface area contributed by atoms with Crippen molar-refractivity contribution in [1.82, 2.24) is 5.32 Å². The van der Waals surface area contributed by atoms with Gasteiger partial charge in [0.15, 0.2) is 0 Å². The maximum absolute atomic E-state index is 3.59. The van der Waals surface area contributed by atoms with Crippen LogP contribution in [0.1, 0.15) is 55.2 Å². The van der Waals surface area contributed by atoms with Gasteiger partial charge in [0, 0.05) is 6.54 Å². The topological polar surface area (TPSA) is 12.0 Å². The molecule has 18 heavy (non-hydrogen) atoms. The van der Waals surface area contributed by atoms with Gasteiger partial charge in [-0.25, -0.2) is 0 Å². The van der Waals surface area contributed by atoms with E-state index in [2.05, 4.69) is 37.4 Å². The summed E-state index contributed by atoms with van der Waals surface area (Å²) in [4.78, 5) is 0. The fraction of sp³-hybridized carbons (Fsp3) is 0.647. The van der Waals surface area contributed by atoms with Crippen LogP contribution in [0.4, 0.5) is 0 Å². The molecule has 1 saturated carbocycles. The van der Waals surface area contributed by atoms with E-state index >= 15 is 0 Å². The van der Waals surface area contributed by atoms with E-state index in [1.54, 1.807) is 0 Å². The van der Waals surface area contributed by atoms with E-state index in [-0.39, 0.29) is 0 Å². The highest BCUT2D eigenvalue weighted by atomic mass is 14.8. The van der Waals surface area contributed by atoms with Gasteiger partial charge in [-0.1, -0.05) is 49.4 Å². The molecular weight excluding hydrogens is 218 g/mol.